The van der Waals surface area contributed by atoms with Gasteiger partial charge in [-0.1, -0.05) is 30.3 Å². The second-order valence-electron chi connectivity index (χ2n) is 6.45. The number of fused-ring (bicyclic) bond motifs is 1. The van der Waals surface area contributed by atoms with Gasteiger partial charge in [-0.15, -0.1) is 5.10 Å². The molecular weight excluding hydrogens is 352 g/mol. The summed E-state index contributed by atoms with van der Waals surface area (Å²) >= 11 is 0. The summed E-state index contributed by atoms with van der Waals surface area (Å²) in [6.45, 7) is 2.83. The Morgan fingerprint density at radius 2 is 1.86 bits per heavy atom. The minimum absolute atomic E-state index is 0.504. The predicted molar refractivity (Wildman–Crippen MR) is 112 cm³/mol. The molecule has 0 amide bonds. The lowest BCUT2D eigenvalue weighted by atomic mass is 10.1. The highest BCUT2D eigenvalue weighted by atomic mass is 16.5. The van der Waals surface area contributed by atoms with Crippen molar-refractivity contribution in [3.8, 4) is 22.7 Å². The Bertz CT molecular complexity index is 1120. The van der Waals surface area contributed by atoms with Crippen molar-refractivity contribution in [3.05, 3.63) is 54.6 Å². The third kappa shape index (κ3) is 3.00. The summed E-state index contributed by atoms with van der Waals surface area (Å²) in [5.74, 6) is 1.86. The average molecular weight is 374 g/mol. The van der Waals surface area contributed by atoms with E-state index < -0.39 is 0 Å². The molecule has 4 rings (SSSR count). The van der Waals surface area contributed by atoms with Gasteiger partial charge < -0.3 is 15.4 Å². The number of nitrogen functional groups attached to an aromatic ring is 1. The Hall–Kier alpha value is -3.61. The molecule has 0 spiro atoms. The van der Waals surface area contributed by atoms with Gasteiger partial charge in [0.05, 0.1) is 23.9 Å². The van der Waals surface area contributed by atoms with Crippen LogP contribution in [0.2, 0.25) is 0 Å². The number of nitrogens with two attached hydrogens (primary N) is 1. The zero-order valence-electron chi connectivity index (χ0n) is 16.1. The molecule has 2 aromatic carbocycles. The third-order valence-corrected chi connectivity index (χ3v) is 4.72. The van der Waals surface area contributed by atoms with E-state index in [-0.39, 0.29) is 0 Å². The zero-order valence-corrected chi connectivity index (χ0v) is 16.1. The smallest absolute Gasteiger partial charge is 0.227 e. The van der Waals surface area contributed by atoms with E-state index in [4.69, 9.17) is 15.5 Å². The van der Waals surface area contributed by atoms with Gasteiger partial charge >= 0.3 is 0 Å². The van der Waals surface area contributed by atoms with Gasteiger partial charge in [0, 0.05) is 19.2 Å². The first-order chi connectivity index (χ1) is 13.6. The number of hydrogen-bond acceptors (Lipinski definition) is 6. The van der Waals surface area contributed by atoms with Crippen molar-refractivity contribution >= 4 is 22.8 Å². The minimum Gasteiger partial charge on any atom is -0.497 e. The van der Waals surface area contributed by atoms with Crippen LogP contribution in [0.25, 0.3) is 28.0 Å². The van der Waals surface area contributed by atoms with E-state index in [1.54, 1.807) is 11.8 Å². The molecule has 7 heteroatoms. The first-order valence-electron chi connectivity index (χ1n) is 9.09. The number of nitrogens with zero attached hydrogens (tertiary/aromatic N) is 5. The van der Waals surface area contributed by atoms with E-state index in [1.807, 2.05) is 66.5 Å². The summed E-state index contributed by atoms with van der Waals surface area (Å²) < 4.78 is 7.09. The summed E-state index contributed by atoms with van der Waals surface area (Å²) in [6, 6.07) is 17.5. The monoisotopic (exact) mass is 374 g/mol. The highest BCUT2D eigenvalue weighted by Gasteiger charge is 2.20. The average Bonchev–Trinajstić information content (AvgIpc) is 3.09. The molecule has 2 N–H and O–H groups in total. The number of para-hydroxylation sites is 1. The normalized spacial score (nSPS) is 11.0. The maximum atomic E-state index is 6.51. The van der Waals surface area contributed by atoms with E-state index in [0.29, 0.717) is 17.4 Å². The van der Waals surface area contributed by atoms with Crippen LogP contribution in [0.3, 0.4) is 0 Å². The molecule has 28 heavy (non-hydrogen) atoms. The van der Waals surface area contributed by atoms with Crippen LogP contribution < -0.4 is 15.4 Å². The van der Waals surface area contributed by atoms with Crippen molar-refractivity contribution in [2.24, 2.45) is 0 Å². The highest BCUT2D eigenvalue weighted by molar-refractivity contribution is 5.99. The summed E-state index contributed by atoms with van der Waals surface area (Å²) in [6.07, 6.45) is 0. The molecular formula is C21H22N6O. The number of ether oxygens (including phenoxy) is 1. The van der Waals surface area contributed by atoms with Crippen molar-refractivity contribution in [2.75, 3.05) is 31.3 Å². The first kappa shape index (κ1) is 17.8. The minimum atomic E-state index is 0.504. The summed E-state index contributed by atoms with van der Waals surface area (Å²) in [7, 11) is 3.60. The van der Waals surface area contributed by atoms with Gasteiger partial charge in [0.1, 0.15) is 11.6 Å². The maximum absolute atomic E-state index is 6.51. The van der Waals surface area contributed by atoms with Crippen molar-refractivity contribution in [2.45, 2.75) is 6.92 Å². The van der Waals surface area contributed by atoms with E-state index in [2.05, 4.69) is 17.0 Å². The lowest BCUT2D eigenvalue weighted by Gasteiger charge is -2.15. The molecule has 0 unspecified atom stereocenters. The lowest BCUT2D eigenvalue weighted by molar-refractivity contribution is 0.415. The van der Waals surface area contributed by atoms with Crippen molar-refractivity contribution in [3.63, 3.8) is 0 Å². The van der Waals surface area contributed by atoms with Crippen LogP contribution in [0.15, 0.2) is 54.6 Å². The van der Waals surface area contributed by atoms with Crippen molar-refractivity contribution < 1.29 is 4.74 Å². The molecule has 7 nitrogen and oxygen atoms in total. The molecule has 0 aliphatic rings. The van der Waals surface area contributed by atoms with Crippen molar-refractivity contribution in [1.82, 2.24) is 19.7 Å². The molecule has 142 valence electrons. The van der Waals surface area contributed by atoms with E-state index in [1.165, 1.54) is 0 Å². The predicted octanol–water partition coefficient (Wildman–Crippen LogP) is 3.53. The summed E-state index contributed by atoms with van der Waals surface area (Å²) in [4.78, 5) is 11.4. The SMILES string of the molecule is CCN(C)c1nc(-c2cccc(OC)c2)c2c(N)n(-c3ccccc3)nc2n1. The number of aromatic nitrogens is 4. The molecule has 4 aromatic rings. The number of benzene rings is 2. The Kier molecular flexibility index (Phi) is 4.57. The fourth-order valence-electron chi connectivity index (χ4n) is 3.06. The molecule has 2 heterocycles. The number of anilines is 2. The van der Waals surface area contributed by atoms with E-state index >= 15 is 0 Å². The van der Waals surface area contributed by atoms with Crippen LogP contribution in [-0.4, -0.2) is 40.5 Å². The molecule has 0 saturated heterocycles. The Morgan fingerprint density at radius 1 is 1.07 bits per heavy atom. The molecule has 0 saturated carbocycles. The highest BCUT2D eigenvalue weighted by Crippen LogP contribution is 2.34. The number of rotatable bonds is 5. The second kappa shape index (κ2) is 7.19. The second-order valence-corrected chi connectivity index (χ2v) is 6.45. The van der Waals surface area contributed by atoms with Crippen LogP contribution in [0, 0.1) is 0 Å². The van der Waals surface area contributed by atoms with Gasteiger partial charge in [0.2, 0.25) is 5.95 Å². The van der Waals surface area contributed by atoms with Gasteiger partial charge in [-0.3, -0.25) is 0 Å². The van der Waals surface area contributed by atoms with Gasteiger partial charge in [-0.25, -0.2) is 9.67 Å². The fraction of sp³-hybridized carbons (Fsp3) is 0.190. The van der Waals surface area contributed by atoms with Crippen LogP contribution in [-0.2, 0) is 0 Å². The Morgan fingerprint density at radius 3 is 2.57 bits per heavy atom. The Balaban J connectivity index is 2.02. The molecule has 0 radical (unpaired) electrons. The van der Waals surface area contributed by atoms with Crippen LogP contribution in [0.1, 0.15) is 6.92 Å². The quantitative estimate of drug-likeness (QED) is 0.575. The molecule has 0 aliphatic carbocycles. The van der Waals surface area contributed by atoms with E-state index in [9.17, 15) is 0 Å². The fourth-order valence-corrected chi connectivity index (χ4v) is 3.06. The molecule has 0 aliphatic heterocycles. The number of methoxy groups -OCH3 is 1. The largest absolute Gasteiger partial charge is 0.497 e. The van der Waals surface area contributed by atoms with E-state index in [0.717, 1.165) is 34.6 Å². The molecule has 2 aromatic heterocycles. The van der Waals surface area contributed by atoms with Crippen LogP contribution in [0.4, 0.5) is 11.8 Å². The van der Waals surface area contributed by atoms with Gasteiger partial charge in [0.25, 0.3) is 0 Å². The van der Waals surface area contributed by atoms with Gasteiger partial charge in [-0.2, -0.15) is 4.98 Å². The maximum Gasteiger partial charge on any atom is 0.227 e. The number of hydrogen-bond donors (Lipinski definition) is 1. The molecule has 0 atom stereocenters. The van der Waals surface area contributed by atoms with Gasteiger partial charge in [0.15, 0.2) is 5.65 Å². The summed E-state index contributed by atoms with van der Waals surface area (Å²) in [5, 5.41) is 5.40. The van der Waals surface area contributed by atoms with Crippen LogP contribution in [0.5, 0.6) is 5.75 Å². The lowest BCUT2D eigenvalue weighted by Crippen LogP contribution is -2.19. The molecule has 0 fully saturated rings. The first-order valence-corrected chi connectivity index (χ1v) is 9.09. The van der Waals surface area contributed by atoms with Crippen molar-refractivity contribution in [1.29, 1.82) is 0 Å². The zero-order chi connectivity index (χ0) is 19.7. The van der Waals surface area contributed by atoms with Crippen LogP contribution >= 0.6 is 0 Å². The topological polar surface area (TPSA) is 82.1 Å². The third-order valence-electron chi connectivity index (χ3n) is 4.72. The standard InChI is InChI=1S/C21H22N6O/c1-4-26(2)21-23-18(14-9-8-12-16(13-14)28-3)17-19(22)27(25-20(17)24-21)15-10-6-5-7-11-15/h5-13H,4,22H2,1-3H3. The van der Waals surface area contributed by atoms with Gasteiger partial charge in [-0.05, 0) is 31.2 Å². The summed E-state index contributed by atoms with van der Waals surface area (Å²) in [5.41, 5.74) is 9.58. The molecule has 0 bridgehead atoms. The Labute approximate surface area is 163 Å².